The van der Waals surface area contributed by atoms with E-state index in [0.717, 1.165) is 0 Å². The molecule has 0 saturated carbocycles. The van der Waals surface area contributed by atoms with E-state index in [-0.39, 0.29) is 12.2 Å². The molecule has 0 rings (SSSR count). The van der Waals surface area contributed by atoms with Crippen molar-refractivity contribution in [3.63, 3.8) is 0 Å². The Morgan fingerprint density at radius 3 is 2.56 bits per heavy atom. The van der Waals surface area contributed by atoms with Crippen molar-refractivity contribution in [1.82, 2.24) is 0 Å². The minimum absolute atomic E-state index is 0.218. The quantitative estimate of drug-likeness (QED) is 0.412. The van der Waals surface area contributed by atoms with E-state index in [0.29, 0.717) is 0 Å². The van der Waals surface area contributed by atoms with Crippen LogP contribution >= 0.6 is 0 Å². The molecule has 0 aliphatic carbocycles. The second-order valence-electron chi connectivity index (χ2n) is 1.65. The predicted molar refractivity (Wildman–Crippen MR) is 32.7 cm³/mol. The molecular formula is C6H10O3. The molecule has 0 amide bonds. The number of aliphatic hydroxyl groups excluding tert-OH is 1. The summed E-state index contributed by atoms with van der Waals surface area (Å²) in [5.74, 6) is -0.271. The van der Waals surface area contributed by atoms with Gasteiger partial charge in [-0.1, -0.05) is 6.08 Å². The predicted octanol–water partition coefficient (Wildman–Crippen LogP) is -0.168. The maximum atomic E-state index is 10.4. The maximum absolute atomic E-state index is 10.4. The van der Waals surface area contributed by atoms with Gasteiger partial charge in [0.05, 0.1) is 6.42 Å². The number of allylic oxidation sites excluding steroid dienone is 2. The van der Waals surface area contributed by atoms with Crippen LogP contribution in [-0.4, -0.2) is 22.3 Å². The van der Waals surface area contributed by atoms with Crippen molar-refractivity contribution < 1.29 is 15.0 Å². The summed E-state index contributed by atoms with van der Waals surface area (Å²) in [6.45, 7) is 1.70. The molecule has 0 aromatic carbocycles. The Morgan fingerprint density at radius 1 is 1.67 bits per heavy atom. The minimum atomic E-state index is -1.52. The molecule has 52 valence electrons. The molecule has 3 nitrogen and oxygen atoms in total. The first-order chi connectivity index (χ1) is 4.16. The fraction of sp³-hybridized carbons (Fsp3) is 0.500. The number of ketones is 1. The van der Waals surface area contributed by atoms with Gasteiger partial charge < -0.3 is 10.2 Å². The van der Waals surface area contributed by atoms with Gasteiger partial charge in [-0.2, -0.15) is 0 Å². The zero-order valence-electron chi connectivity index (χ0n) is 5.24. The zero-order valence-corrected chi connectivity index (χ0v) is 5.24. The van der Waals surface area contributed by atoms with Crippen molar-refractivity contribution in [3.8, 4) is 0 Å². The number of carbonyl (C=O) groups excluding carboxylic acids is 1. The van der Waals surface area contributed by atoms with E-state index in [1.807, 2.05) is 0 Å². The molecule has 0 spiro atoms. The Kier molecular flexibility index (Phi) is 3.92. The van der Waals surface area contributed by atoms with E-state index in [9.17, 15) is 4.79 Å². The summed E-state index contributed by atoms with van der Waals surface area (Å²) < 4.78 is 0. The number of aliphatic hydroxyl groups is 2. The van der Waals surface area contributed by atoms with Crippen LogP contribution < -0.4 is 0 Å². The second kappa shape index (κ2) is 4.23. The number of rotatable bonds is 3. The Morgan fingerprint density at radius 2 is 2.22 bits per heavy atom. The molecule has 0 unspecified atom stereocenters. The molecule has 0 atom stereocenters. The first-order valence-corrected chi connectivity index (χ1v) is 2.68. The molecule has 0 fully saturated rings. The van der Waals surface area contributed by atoms with Crippen molar-refractivity contribution in [2.45, 2.75) is 19.6 Å². The Bertz CT molecular complexity index is 115. The van der Waals surface area contributed by atoms with E-state index in [4.69, 9.17) is 10.2 Å². The molecule has 9 heavy (non-hydrogen) atoms. The Hall–Kier alpha value is -0.670. The van der Waals surface area contributed by atoms with Gasteiger partial charge in [0, 0.05) is 0 Å². The summed E-state index contributed by atoms with van der Waals surface area (Å²) in [7, 11) is 0. The van der Waals surface area contributed by atoms with Gasteiger partial charge in [0.1, 0.15) is 0 Å². The molecular weight excluding hydrogens is 120 g/mol. The summed E-state index contributed by atoms with van der Waals surface area (Å²) in [6, 6.07) is 0. The third-order valence-electron chi connectivity index (χ3n) is 0.736. The number of carbonyl (C=O) groups is 1. The summed E-state index contributed by atoms with van der Waals surface area (Å²) in [6.07, 6.45) is 1.13. The Balaban J connectivity index is 3.51. The lowest BCUT2D eigenvalue weighted by atomic mass is 10.2. The molecule has 0 radical (unpaired) electrons. The highest BCUT2D eigenvalue weighted by Gasteiger charge is 2.01. The second-order valence-corrected chi connectivity index (χ2v) is 1.65. The van der Waals surface area contributed by atoms with Crippen LogP contribution in [0, 0.1) is 0 Å². The molecule has 0 heterocycles. The number of hydrogen-bond donors (Lipinski definition) is 2. The molecule has 2 N–H and O–H groups in total. The zero-order chi connectivity index (χ0) is 7.28. The molecule has 0 aliphatic rings. The fourth-order valence-electron chi connectivity index (χ4n) is 0.434. The topological polar surface area (TPSA) is 57.5 Å². The molecule has 0 aliphatic heterocycles. The van der Waals surface area contributed by atoms with Crippen LogP contribution in [0.4, 0.5) is 0 Å². The fourth-order valence-corrected chi connectivity index (χ4v) is 0.434. The van der Waals surface area contributed by atoms with E-state index < -0.39 is 6.29 Å². The SMILES string of the molecule is CC=CC(=O)CC(O)O. The Labute approximate surface area is 53.6 Å². The maximum Gasteiger partial charge on any atom is 0.160 e. The van der Waals surface area contributed by atoms with Crippen LogP contribution in [0.15, 0.2) is 12.2 Å². The molecule has 0 bridgehead atoms. The average Bonchev–Trinajstić information content (AvgIpc) is 1.63. The van der Waals surface area contributed by atoms with Crippen LogP contribution in [0.3, 0.4) is 0 Å². The van der Waals surface area contributed by atoms with Gasteiger partial charge in [-0.3, -0.25) is 4.79 Å². The van der Waals surface area contributed by atoms with Crippen molar-refractivity contribution in [2.75, 3.05) is 0 Å². The highest BCUT2D eigenvalue weighted by molar-refractivity contribution is 5.89. The molecule has 0 aromatic rings. The third-order valence-corrected chi connectivity index (χ3v) is 0.736. The van der Waals surface area contributed by atoms with Crippen molar-refractivity contribution in [3.05, 3.63) is 12.2 Å². The van der Waals surface area contributed by atoms with Gasteiger partial charge in [-0.15, -0.1) is 0 Å². The van der Waals surface area contributed by atoms with Gasteiger partial charge in [-0.05, 0) is 13.0 Å². The average molecular weight is 130 g/mol. The van der Waals surface area contributed by atoms with Gasteiger partial charge in [0.25, 0.3) is 0 Å². The first kappa shape index (κ1) is 8.33. The summed E-state index contributed by atoms with van der Waals surface area (Å²) in [5.41, 5.74) is 0. The summed E-state index contributed by atoms with van der Waals surface area (Å²) >= 11 is 0. The van der Waals surface area contributed by atoms with Crippen molar-refractivity contribution in [1.29, 1.82) is 0 Å². The van der Waals surface area contributed by atoms with Crippen LogP contribution in [0.2, 0.25) is 0 Å². The van der Waals surface area contributed by atoms with E-state index in [1.54, 1.807) is 13.0 Å². The lowest BCUT2D eigenvalue weighted by Gasteiger charge is -1.96. The van der Waals surface area contributed by atoms with Crippen LogP contribution in [-0.2, 0) is 4.79 Å². The molecule has 3 heteroatoms. The van der Waals surface area contributed by atoms with Crippen LogP contribution in [0.1, 0.15) is 13.3 Å². The lowest BCUT2D eigenvalue weighted by Crippen LogP contribution is -2.09. The van der Waals surface area contributed by atoms with Gasteiger partial charge in [-0.25, -0.2) is 0 Å². The van der Waals surface area contributed by atoms with E-state index in [2.05, 4.69) is 0 Å². The first-order valence-electron chi connectivity index (χ1n) is 2.68. The summed E-state index contributed by atoms with van der Waals surface area (Å²) in [4.78, 5) is 10.4. The molecule has 0 aromatic heterocycles. The van der Waals surface area contributed by atoms with Crippen molar-refractivity contribution in [2.24, 2.45) is 0 Å². The van der Waals surface area contributed by atoms with Gasteiger partial charge in [0.2, 0.25) is 0 Å². The van der Waals surface area contributed by atoms with E-state index >= 15 is 0 Å². The lowest BCUT2D eigenvalue weighted by molar-refractivity contribution is -0.122. The van der Waals surface area contributed by atoms with Crippen molar-refractivity contribution >= 4 is 5.78 Å². The van der Waals surface area contributed by atoms with Crippen LogP contribution in [0.25, 0.3) is 0 Å². The van der Waals surface area contributed by atoms with E-state index in [1.165, 1.54) is 6.08 Å². The largest absolute Gasteiger partial charge is 0.368 e. The normalized spacial score (nSPS) is 11.1. The highest BCUT2D eigenvalue weighted by atomic mass is 16.5. The monoisotopic (exact) mass is 130 g/mol. The smallest absolute Gasteiger partial charge is 0.160 e. The van der Waals surface area contributed by atoms with Gasteiger partial charge >= 0.3 is 0 Å². The molecule has 0 saturated heterocycles. The minimum Gasteiger partial charge on any atom is -0.368 e. The number of hydrogen-bond acceptors (Lipinski definition) is 3. The van der Waals surface area contributed by atoms with Gasteiger partial charge in [0.15, 0.2) is 12.1 Å². The summed E-state index contributed by atoms with van der Waals surface area (Å²) in [5, 5.41) is 16.5. The standard InChI is InChI=1S/C6H10O3/c1-2-3-5(7)4-6(8)9/h2-3,6,8-9H,4H2,1H3. The third kappa shape index (κ3) is 5.20. The van der Waals surface area contributed by atoms with Crippen LogP contribution in [0.5, 0.6) is 0 Å². The highest BCUT2D eigenvalue weighted by Crippen LogP contribution is 1.89.